The van der Waals surface area contributed by atoms with Crippen molar-refractivity contribution in [3.63, 3.8) is 0 Å². The SMILES string of the molecule is CC(=O)CS(=O)c1ccc2ccccc2c1.CC(=O)CSc1ccc2ccccc2c1.COC(=O)CSc1ccc2ccccc2c1.O=C(O)CSc1ccc2ccccc2c1.Sc1ccc2ccccc2c1. The minimum Gasteiger partial charge on any atom is -0.481 e. The van der Waals surface area contributed by atoms with Crippen molar-refractivity contribution < 1.29 is 33.2 Å². The van der Waals surface area contributed by atoms with Gasteiger partial charge in [0.15, 0.2) is 0 Å². The Balaban J connectivity index is 0.000000150. The number of hydrogen-bond donors (Lipinski definition) is 2. The lowest BCUT2D eigenvalue weighted by Gasteiger charge is -2.02. The van der Waals surface area contributed by atoms with E-state index in [-0.39, 0.29) is 29.0 Å². The van der Waals surface area contributed by atoms with Crippen LogP contribution >= 0.6 is 47.9 Å². The van der Waals surface area contributed by atoms with Crippen LogP contribution in [0.1, 0.15) is 13.8 Å². The number of aliphatic carboxylic acids is 1. The Morgan fingerprint density at radius 1 is 0.438 bits per heavy atom. The fraction of sp³-hybridized carbons (Fsp3) is 0.115. The summed E-state index contributed by atoms with van der Waals surface area (Å²) in [7, 11) is 0.187. The predicted molar refractivity (Wildman–Crippen MR) is 311 cm³/mol. The van der Waals surface area contributed by atoms with Crippen LogP contribution in [0, 0.1) is 0 Å². The minimum atomic E-state index is -1.22. The van der Waals surface area contributed by atoms with Crippen LogP contribution in [-0.4, -0.2) is 62.9 Å². The fourth-order valence-electron chi connectivity index (χ4n) is 7.06. The second-order valence-corrected chi connectivity index (χ2v) is 21.4. The molecule has 10 aromatic carbocycles. The van der Waals surface area contributed by atoms with Crippen LogP contribution in [0.15, 0.2) is 237 Å². The number of carboxylic acid groups (broad SMARTS) is 1. The van der Waals surface area contributed by atoms with Gasteiger partial charge in [0.05, 0.1) is 40.9 Å². The molecule has 0 heterocycles. The van der Waals surface area contributed by atoms with Crippen LogP contribution in [0.3, 0.4) is 0 Å². The molecule has 12 heteroatoms. The van der Waals surface area contributed by atoms with Crippen molar-refractivity contribution in [2.45, 2.75) is 38.3 Å². The molecule has 0 radical (unpaired) electrons. The third kappa shape index (κ3) is 18.7. The van der Waals surface area contributed by atoms with Gasteiger partial charge in [0, 0.05) is 24.5 Å². The third-order valence-corrected chi connectivity index (χ3v) is 15.4. The molecule has 0 aliphatic rings. The molecule has 370 valence electrons. The van der Waals surface area contributed by atoms with E-state index in [0.717, 1.165) is 35.7 Å². The molecular formula is C61H54O7S5. The molecule has 10 rings (SSSR count). The van der Waals surface area contributed by atoms with E-state index in [1.807, 2.05) is 133 Å². The lowest BCUT2D eigenvalue weighted by Crippen LogP contribution is -2.06. The van der Waals surface area contributed by atoms with Crippen molar-refractivity contribution in [1.29, 1.82) is 0 Å². The van der Waals surface area contributed by atoms with Gasteiger partial charge in [-0.2, -0.15) is 0 Å². The standard InChI is InChI=1S/2C13H12O2S.C13H12OS.C12H10O2S.C10H8S/c1-15-13(14)9-16-12-7-6-10-4-2-3-5-11(10)8-12;1-10(14)9-16(15)13-7-6-11-4-2-3-5-12(11)8-13;1-10(14)9-15-13-7-6-11-4-2-3-5-12(11)8-13;13-12(14)8-15-11-6-5-9-3-1-2-4-10(9)7-11;11-10-6-5-8-3-1-2-4-9(8)7-10/h2*2-8H,9H2,1H3;2-8H,9H2,1H3;1-7H,8H2,(H,13,14);1-7,11H. The van der Waals surface area contributed by atoms with Gasteiger partial charge >= 0.3 is 11.9 Å². The summed E-state index contributed by atoms with van der Waals surface area (Å²) in [6, 6.07) is 70.9. The summed E-state index contributed by atoms with van der Waals surface area (Å²) in [5.74, 6) is 0.301. The summed E-state index contributed by atoms with van der Waals surface area (Å²) in [5, 5.41) is 20.5. The maximum atomic E-state index is 11.8. The number of hydrogen-bond acceptors (Lipinski definition) is 10. The highest BCUT2D eigenvalue weighted by atomic mass is 32.2. The molecule has 1 atom stereocenters. The Morgan fingerprint density at radius 2 is 0.781 bits per heavy atom. The topological polar surface area (TPSA) is 115 Å². The highest BCUT2D eigenvalue weighted by Gasteiger charge is 2.08. The number of Topliss-reactive ketones (excluding diaryl/α,β-unsaturated/α-hetero) is 2. The van der Waals surface area contributed by atoms with Crippen LogP contribution in [-0.2, 0) is 34.7 Å². The molecule has 0 aromatic heterocycles. The second kappa shape index (κ2) is 29.1. The van der Waals surface area contributed by atoms with Gasteiger partial charge in [-0.05, 0) is 128 Å². The van der Waals surface area contributed by atoms with Gasteiger partial charge in [0.2, 0.25) is 0 Å². The maximum Gasteiger partial charge on any atom is 0.315 e. The number of thiol groups is 1. The molecule has 10 aromatic rings. The third-order valence-electron chi connectivity index (χ3n) is 10.6. The number of methoxy groups -OCH3 is 1. The van der Waals surface area contributed by atoms with E-state index in [1.54, 1.807) is 18.7 Å². The normalized spacial score (nSPS) is 10.8. The minimum absolute atomic E-state index is 0.0495. The van der Waals surface area contributed by atoms with E-state index < -0.39 is 16.8 Å². The number of fused-ring (bicyclic) bond motifs is 5. The van der Waals surface area contributed by atoms with E-state index in [9.17, 15) is 23.4 Å². The number of ketones is 2. The summed E-state index contributed by atoms with van der Waals surface area (Å²) in [6.45, 7) is 3.08. The maximum absolute atomic E-state index is 11.8. The van der Waals surface area contributed by atoms with Crippen molar-refractivity contribution in [3.8, 4) is 0 Å². The van der Waals surface area contributed by atoms with Crippen LogP contribution in [0.4, 0.5) is 0 Å². The van der Waals surface area contributed by atoms with Gasteiger partial charge in [-0.3, -0.25) is 23.4 Å². The molecule has 0 spiro atoms. The van der Waals surface area contributed by atoms with Crippen molar-refractivity contribution in [2.75, 3.05) is 30.1 Å². The molecule has 0 saturated carbocycles. The Morgan fingerprint density at radius 3 is 1.16 bits per heavy atom. The van der Waals surface area contributed by atoms with Crippen molar-refractivity contribution in [3.05, 3.63) is 212 Å². The first-order valence-electron chi connectivity index (χ1n) is 23.0. The molecule has 0 aliphatic heterocycles. The first kappa shape index (κ1) is 55.6. The molecule has 0 aliphatic carbocycles. The zero-order valence-electron chi connectivity index (χ0n) is 40.5. The largest absolute Gasteiger partial charge is 0.481 e. The molecule has 0 amide bonds. The summed E-state index contributed by atoms with van der Waals surface area (Å²) in [6.07, 6.45) is 0. The molecule has 0 saturated heterocycles. The number of benzene rings is 10. The van der Waals surface area contributed by atoms with Crippen molar-refractivity contribution >= 4 is 136 Å². The Labute approximate surface area is 447 Å². The van der Waals surface area contributed by atoms with Crippen LogP contribution in [0.5, 0.6) is 0 Å². The predicted octanol–water partition coefficient (Wildman–Crippen LogP) is 15.3. The molecular weight excluding hydrogens is 1000 g/mol. The van der Waals surface area contributed by atoms with E-state index in [4.69, 9.17) is 5.11 Å². The highest BCUT2D eigenvalue weighted by molar-refractivity contribution is 8.00. The van der Waals surface area contributed by atoms with Crippen LogP contribution < -0.4 is 0 Å². The number of carbonyl (C=O) groups is 4. The number of rotatable bonds is 12. The summed E-state index contributed by atoms with van der Waals surface area (Å²) in [5.41, 5.74) is 0. The van der Waals surface area contributed by atoms with Gasteiger partial charge in [-0.25, -0.2) is 0 Å². The van der Waals surface area contributed by atoms with E-state index in [2.05, 4.69) is 96.2 Å². The van der Waals surface area contributed by atoms with Gasteiger partial charge < -0.3 is 9.84 Å². The average molecular weight is 1060 g/mol. The number of esters is 1. The van der Waals surface area contributed by atoms with Crippen LogP contribution in [0.2, 0.25) is 0 Å². The first-order chi connectivity index (χ1) is 35.3. The van der Waals surface area contributed by atoms with Gasteiger partial charge in [0.25, 0.3) is 0 Å². The van der Waals surface area contributed by atoms with E-state index in [1.165, 1.54) is 75.3 Å². The number of ether oxygens (including phenoxy) is 1. The Hall–Kier alpha value is -6.67. The number of thioether (sulfide) groups is 3. The smallest absolute Gasteiger partial charge is 0.315 e. The molecule has 7 nitrogen and oxygen atoms in total. The monoisotopic (exact) mass is 1060 g/mol. The van der Waals surface area contributed by atoms with Gasteiger partial charge in [0.1, 0.15) is 11.6 Å². The summed E-state index contributed by atoms with van der Waals surface area (Å²) >= 11 is 8.69. The van der Waals surface area contributed by atoms with E-state index in [0.29, 0.717) is 16.4 Å². The van der Waals surface area contributed by atoms with E-state index >= 15 is 0 Å². The summed E-state index contributed by atoms with van der Waals surface area (Å²) < 4.78 is 16.4. The lowest BCUT2D eigenvalue weighted by atomic mass is 10.1. The first-order valence-corrected chi connectivity index (χ1v) is 27.7. The highest BCUT2D eigenvalue weighted by Crippen LogP contribution is 2.26. The zero-order valence-corrected chi connectivity index (χ0v) is 44.7. The fourth-order valence-corrected chi connectivity index (χ4v) is 10.5. The molecule has 1 N–H and O–H groups in total. The Bertz CT molecular complexity index is 3410. The van der Waals surface area contributed by atoms with Crippen molar-refractivity contribution in [2.24, 2.45) is 0 Å². The Kier molecular flexibility index (Phi) is 22.2. The molecule has 0 bridgehead atoms. The zero-order chi connectivity index (χ0) is 52.0. The second-order valence-electron chi connectivity index (χ2n) is 16.3. The lowest BCUT2D eigenvalue weighted by molar-refractivity contribution is -0.137. The number of carbonyl (C=O) groups excluding carboxylic acids is 3. The molecule has 1 unspecified atom stereocenters. The van der Waals surface area contributed by atoms with Crippen LogP contribution in [0.25, 0.3) is 53.9 Å². The van der Waals surface area contributed by atoms with Gasteiger partial charge in [-0.1, -0.05) is 152 Å². The van der Waals surface area contributed by atoms with Crippen molar-refractivity contribution in [1.82, 2.24) is 0 Å². The quantitative estimate of drug-likeness (QED) is 0.0696. The summed E-state index contributed by atoms with van der Waals surface area (Å²) in [4.78, 5) is 48.2. The molecule has 0 fully saturated rings. The number of carboxylic acids is 1. The average Bonchev–Trinajstić information content (AvgIpc) is 3.41. The van der Waals surface area contributed by atoms with Gasteiger partial charge in [-0.15, -0.1) is 47.9 Å². The molecule has 73 heavy (non-hydrogen) atoms.